The summed E-state index contributed by atoms with van der Waals surface area (Å²) in [5, 5.41) is 18.8. The zero-order valence-electron chi connectivity index (χ0n) is 7.24. The van der Waals surface area contributed by atoms with E-state index in [9.17, 15) is 10.2 Å². The van der Waals surface area contributed by atoms with Gasteiger partial charge < -0.3 is 15.9 Å². The Morgan fingerprint density at radius 1 is 1.46 bits per heavy atom. The molecule has 0 unspecified atom stereocenters. The number of aliphatic hydroxyl groups excluding tert-OH is 1. The van der Waals surface area contributed by atoms with Gasteiger partial charge in [-0.1, -0.05) is 12.1 Å². The largest absolute Gasteiger partial charge is 0.506 e. The van der Waals surface area contributed by atoms with E-state index in [1.807, 2.05) is 0 Å². The maximum atomic E-state index is 9.58. The van der Waals surface area contributed by atoms with Crippen molar-refractivity contribution in [3.63, 3.8) is 0 Å². The lowest BCUT2D eigenvalue weighted by molar-refractivity contribution is 0.163. The number of halogens is 1. The number of benzene rings is 1. The van der Waals surface area contributed by atoms with E-state index >= 15 is 0 Å². The van der Waals surface area contributed by atoms with Crippen LogP contribution in [0.2, 0.25) is 0 Å². The average Bonchev–Trinajstić information content (AvgIpc) is 2.08. The summed E-state index contributed by atoms with van der Waals surface area (Å²) in [6, 6.07) is 4.62. The molecule has 0 bridgehead atoms. The van der Waals surface area contributed by atoms with Gasteiger partial charge in [0.05, 0.1) is 16.6 Å². The van der Waals surface area contributed by atoms with Crippen molar-refractivity contribution in [3.05, 3.63) is 28.2 Å². The molecular formula is C9H12BrNO2. The Hall–Kier alpha value is -0.580. The topological polar surface area (TPSA) is 66.5 Å². The zero-order chi connectivity index (χ0) is 10.0. The van der Waals surface area contributed by atoms with Gasteiger partial charge in [-0.25, -0.2) is 0 Å². The summed E-state index contributed by atoms with van der Waals surface area (Å²) in [6.07, 6.45) is -0.680. The number of aromatic hydroxyl groups is 1. The molecule has 1 rings (SSSR count). The first-order chi connectivity index (χ1) is 6.04. The van der Waals surface area contributed by atoms with Gasteiger partial charge in [0.2, 0.25) is 0 Å². The molecule has 0 amide bonds. The number of phenolic OH excluding ortho intramolecular Hbond substituents is 1. The molecule has 0 aliphatic rings. The fraction of sp³-hybridized carbons (Fsp3) is 0.333. The summed E-state index contributed by atoms with van der Waals surface area (Å²) in [4.78, 5) is 0. The minimum Gasteiger partial charge on any atom is -0.506 e. The quantitative estimate of drug-likeness (QED) is 0.741. The van der Waals surface area contributed by atoms with Gasteiger partial charge in [-0.2, -0.15) is 0 Å². The van der Waals surface area contributed by atoms with E-state index in [2.05, 4.69) is 15.9 Å². The van der Waals surface area contributed by atoms with Gasteiger partial charge in [-0.15, -0.1) is 0 Å². The Labute approximate surface area is 85.3 Å². The van der Waals surface area contributed by atoms with E-state index in [0.29, 0.717) is 10.0 Å². The molecule has 0 aliphatic heterocycles. The van der Waals surface area contributed by atoms with Crippen molar-refractivity contribution in [3.8, 4) is 5.75 Å². The number of hydrogen-bond acceptors (Lipinski definition) is 3. The smallest absolute Gasteiger partial charge is 0.134 e. The van der Waals surface area contributed by atoms with Crippen LogP contribution in [0.5, 0.6) is 5.75 Å². The van der Waals surface area contributed by atoms with Gasteiger partial charge in [0.1, 0.15) is 5.75 Å². The van der Waals surface area contributed by atoms with Crippen molar-refractivity contribution >= 4 is 15.9 Å². The molecule has 1 aromatic rings. The van der Waals surface area contributed by atoms with E-state index in [0.717, 1.165) is 0 Å². The Kier molecular flexibility index (Phi) is 3.30. The first kappa shape index (κ1) is 10.5. The number of nitrogens with two attached hydrogens (primary N) is 1. The summed E-state index contributed by atoms with van der Waals surface area (Å²) in [7, 11) is 0. The summed E-state index contributed by atoms with van der Waals surface area (Å²) < 4.78 is 0.584. The van der Waals surface area contributed by atoms with Crippen LogP contribution in [0, 0.1) is 0 Å². The molecular weight excluding hydrogens is 234 g/mol. The third-order valence-corrected chi connectivity index (χ3v) is 2.54. The molecule has 1 aromatic carbocycles. The van der Waals surface area contributed by atoms with Gasteiger partial charge in [0, 0.05) is 5.56 Å². The highest BCUT2D eigenvalue weighted by Gasteiger charge is 2.16. The highest BCUT2D eigenvalue weighted by atomic mass is 79.9. The SMILES string of the molecule is C[C@@H](O)[C@@H](N)c1cccc(Br)c1O. The van der Waals surface area contributed by atoms with Crippen molar-refractivity contribution in [1.82, 2.24) is 0 Å². The fourth-order valence-corrected chi connectivity index (χ4v) is 1.44. The molecule has 13 heavy (non-hydrogen) atoms. The molecule has 4 heteroatoms. The predicted molar refractivity (Wildman–Crippen MR) is 54.4 cm³/mol. The van der Waals surface area contributed by atoms with Crippen molar-refractivity contribution in [2.24, 2.45) is 5.73 Å². The number of phenols is 1. The molecule has 2 atom stereocenters. The first-order valence-electron chi connectivity index (χ1n) is 3.95. The van der Waals surface area contributed by atoms with Gasteiger partial charge in [0.15, 0.2) is 0 Å². The molecule has 0 radical (unpaired) electrons. The number of rotatable bonds is 2. The Morgan fingerprint density at radius 3 is 2.62 bits per heavy atom. The number of para-hydroxylation sites is 1. The van der Waals surface area contributed by atoms with Gasteiger partial charge in [-0.05, 0) is 28.9 Å². The molecule has 4 N–H and O–H groups in total. The summed E-state index contributed by atoms with van der Waals surface area (Å²) in [5.74, 6) is 0.0934. The van der Waals surface area contributed by atoms with E-state index in [1.165, 1.54) is 0 Å². The second-order valence-electron chi connectivity index (χ2n) is 2.94. The number of hydrogen-bond donors (Lipinski definition) is 3. The highest BCUT2D eigenvalue weighted by molar-refractivity contribution is 9.10. The van der Waals surface area contributed by atoms with E-state index in [4.69, 9.17) is 5.73 Å². The second-order valence-corrected chi connectivity index (χ2v) is 3.80. The standard InChI is InChI=1S/C9H12BrNO2/c1-5(12)8(11)6-3-2-4-7(10)9(6)13/h2-5,8,12-13H,11H2,1H3/t5-,8-/m1/s1. The Bertz CT molecular complexity index is 302. The van der Waals surface area contributed by atoms with Crippen LogP contribution in [0.15, 0.2) is 22.7 Å². The molecule has 3 nitrogen and oxygen atoms in total. The van der Waals surface area contributed by atoms with Gasteiger partial charge in [0.25, 0.3) is 0 Å². The van der Waals surface area contributed by atoms with Crippen molar-refractivity contribution < 1.29 is 10.2 Å². The zero-order valence-corrected chi connectivity index (χ0v) is 8.82. The third-order valence-electron chi connectivity index (χ3n) is 1.90. The maximum absolute atomic E-state index is 9.58. The lowest BCUT2D eigenvalue weighted by atomic mass is 10.0. The summed E-state index contributed by atoms with van der Waals surface area (Å²) in [6.45, 7) is 1.59. The average molecular weight is 246 g/mol. The Balaban J connectivity index is 3.07. The lowest BCUT2D eigenvalue weighted by Crippen LogP contribution is -2.23. The Morgan fingerprint density at radius 2 is 2.08 bits per heavy atom. The monoisotopic (exact) mass is 245 g/mol. The molecule has 0 aliphatic carbocycles. The van der Waals surface area contributed by atoms with E-state index in [1.54, 1.807) is 25.1 Å². The summed E-state index contributed by atoms with van der Waals surface area (Å²) >= 11 is 3.18. The van der Waals surface area contributed by atoms with Crippen molar-refractivity contribution in [2.75, 3.05) is 0 Å². The van der Waals surface area contributed by atoms with E-state index in [-0.39, 0.29) is 5.75 Å². The molecule has 0 aromatic heterocycles. The normalized spacial score (nSPS) is 15.4. The maximum Gasteiger partial charge on any atom is 0.134 e. The van der Waals surface area contributed by atoms with Gasteiger partial charge >= 0.3 is 0 Å². The van der Waals surface area contributed by atoms with Crippen LogP contribution in [0.4, 0.5) is 0 Å². The predicted octanol–water partition coefficient (Wildman–Crippen LogP) is 1.54. The molecule has 0 fully saturated rings. The van der Waals surface area contributed by atoms with Crippen LogP contribution in [0.3, 0.4) is 0 Å². The minimum atomic E-state index is -0.680. The van der Waals surface area contributed by atoms with Crippen LogP contribution in [-0.2, 0) is 0 Å². The molecule has 72 valence electrons. The van der Waals surface area contributed by atoms with Crippen LogP contribution in [0.25, 0.3) is 0 Å². The minimum absolute atomic E-state index is 0.0934. The van der Waals surface area contributed by atoms with Crippen molar-refractivity contribution in [2.45, 2.75) is 19.1 Å². The van der Waals surface area contributed by atoms with Crippen LogP contribution < -0.4 is 5.73 Å². The second kappa shape index (κ2) is 4.09. The fourth-order valence-electron chi connectivity index (χ4n) is 1.06. The molecule has 0 saturated heterocycles. The first-order valence-corrected chi connectivity index (χ1v) is 4.74. The van der Waals surface area contributed by atoms with Crippen LogP contribution in [-0.4, -0.2) is 16.3 Å². The molecule has 0 saturated carbocycles. The molecule has 0 heterocycles. The lowest BCUT2D eigenvalue weighted by Gasteiger charge is -2.16. The number of aliphatic hydroxyl groups is 1. The van der Waals surface area contributed by atoms with Gasteiger partial charge in [-0.3, -0.25) is 0 Å². The van der Waals surface area contributed by atoms with E-state index < -0.39 is 12.1 Å². The van der Waals surface area contributed by atoms with Crippen LogP contribution >= 0.6 is 15.9 Å². The third kappa shape index (κ3) is 2.21. The van der Waals surface area contributed by atoms with Crippen LogP contribution in [0.1, 0.15) is 18.5 Å². The van der Waals surface area contributed by atoms with Crippen molar-refractivity contribution in [1.29, 1.82) is 0 Å². The molecule has 0 spiro atoms. The highest BCUT2D eigenvalue weighted by Crippen LogP contribution is 2.31. The summed E-state index contributed by atoms with van der Waals surface area (Å²) in [5.41, 5.74) is 6.22.